The van der Waals surface area contributed by atoms with E-state index in [-0.39, 0.29) is 18.3 Å². The summed E-state index contributed by atoms with van der Waals surface area (Å²) in [5.41, 5.74) is 1.77. The Bertz CT molecular complexity index is 973. The highest BCUT2D eigenvalue weighted by Gasteiger charge is 2.14. The first-order valence-corrected chi connectivity index (χ1v) is 9.19. The van der Waals surface area contributed by atoms with E-state index in [1.54, 1.807) is 61.7 Å². The van der Waals surface area contributed by atoms with Crippen molar-refractivity contribution >= 4 is 11.6 Å². The Kier molecular flexibility index (Phi) is 6.68. The van der Waals surface area contributed by atoms with Crippen LogP contribution in [-0.4, -0.2) is 19.6 Å². The maximum atomic E-state index is 13.0. The molecule has 0 fully saturated rings. The SMILES string of the molecule is CCOc1ccc(NC(=O)c2ccccc2OCc2ccc(F)cc2)cc1OC. The molecule has 0 aliphatic heterocycles. The fraction of sp³-hybridized carbons (Fsp3) is 0.174. The lowest BCUT2D eigenvalue weighted by Gasteiger charge is -2.14. The number of hydrogen-bond acceptors (Lipinski definition) is 4. The molecule has 0 heterocycles. The van der Waals surface area contributed by atoms with Crippen LogP contribution in [0.25, 0.3) is 0 Å². The standard InChI is InChI=1S/C23H22FNO4/c1-3-28-21-13-12-18(14-22(21)27-2)25-23(26)19-6-4-5-7-20(19)29-15-16-8-10-17(24)11-9-16/h4-14H,3,15H2,1-2H3,(H,25,26). The third-order valence-corrected chi connectivity index (χ3v) is 4.16. The van der Waals surface area contributed by atoms with Gasteiger partial charge in [-0.25, -0.2) is 4.39 Å². The first kappa shape index (κ1) is 20.2. The highest BCUT2D eigenvalue weighted by atomic mass is 19.1. The van der Waals surface area contributed by atoms with Crippen molar-refractivity contribution in [3.8, 4) is 17.2 Å². The number of nitrogens with one attached hydrogen (secondary N) is 1. The molecule has 1 amide bonds. The third kappa shape index (κ3) is 5.25. The van der Waals surface area contributed by atoms with Gasteiger partial charge in [-0.05, 0) is 48.9 Å². The first-order valence-electron chi connectivity index (χ1n) is 9.19. The van der Waals surface area contributed by atoms with E-state index in [9.17, 15) is 9.18 Å². The Morgan fingerprint density at radius 3 is 2.41 bits per heavy atom. The van der Waals surface area contributed by atoms with Crippen molar-refractivity contribution in [1.82, 2.24) is 0 Å². The minimum absolute atomic E-state index is 0.224. The Morgan fingerprint density at radius 2 is 1.69 bits per heavy atom. The summed E-state index contributed by atoms with van der Waals surface area (Å²) in [6.07, 6.45) is 0. The van der Waals surface area contributed by atoms with Crippen molar-refractivity contribution in [2.45, 2.75) is 13.5 Å². The second-order valence-electron chi connectivity index (χ2n) is 6.16. The normalized spacial score (nSPS) is 10.3. The van der Waals surface area contributed by atoms with Crippen molar-refractivity contribution in [3.63, 3.8) is 0 Å². The molecular formula is C23H22FNO4. The second-order valence-corrected chi connectivity index (χ2v) is 6.16. The molecule has 0 aliphatic rings. The van der Waals surface area contributed by atoms with Crippen LogP contribution in [0.3, 0.4) is 0 Å². The van der Waals surface area contributed by atoms with Gasteiger partial charge in [0.1, 0.15) is 18.2 Å². The molecule has 0 saturated heterocycles. The summed E-state index contributed by atoms with van der Waals surface area (Å²) < 4.78 is 29.6. The average Bonchev–Trinajstić information content (AvgIpc) is 2.74. The Labute approximate surface area is 169 Å². The van der Waals surface area contributed by atoms with Gasteiger partial charge in [0, 0.05) is 11.8 Å². The molecular weight excluding hydrogens is 373 g/mol. The van der Waals surface area contributed by atoms with E-state index in [4.69, 9.17) is 14.2 Å². The molecule has 0 aliphatic carbocycles. The number of para-hydroxylation sites is 1. The smallest absolute Gasteiger partial charge is 0.259 e. The molecule has 3 aromatic rings. The molecule has 6 heteroatoms. The zero-order chi connectivity index (χ0) is 20.6. The molecule has 0 unspecified atom stereocenters. The van der Waals surface area contributed by atoms with Gasteiger partial charge < -0.3 is 19.5 Å². The lowest BCUT2D eigenvalue weighted by molar-refractivity contribution is 0.102. The zero-order valence-electron chi connectivity index (χ0n) is 16.3. The summed E-state index contributed by atoms with van der Waals surface area (Å²) in [5.74, 6) is 0.957. The van der Waals surface area contributed by atoms with Crippen LogP contribution in [0.2, 0.25) is 0 Å². The number of rotatable bonds is 8. The molecule has 3 aromatic carbocycles. The largest absolute Gasteiger partial charge is 0.493 e. The summed E-state index contributed by atoms with van der Waals surface area (Å²) in [5, 5.41) is 2.84. The lowest BCUT2D eigenvalue weighted by atomic mass is 10.1. The van der Waals surface area contributed by atoms with Crippen molar-refractivity contribution in [3.05, 3.63) is 83.7 Å². The number of methoxy groups -OCH3 is 1. The third-order valence-electron chi connectivity index (χ3n) is 4.16. The van der Waals surface area contributed by atoms with Crippen LogP contribution < -0.4 is 19.5 Å². The molecule has 1 N–H and O–H groups in total. The van der Waals surface area contributed by atoms with Crippen LogP contribution in [0.5, 0.6) is 17.2 Å². The Hall–Kier alpha value is -3.54. The number of ether oxygens (including phenoxy) is 3. The molecule has 0 bridgehead atoms. The molecule has 3 rings (SSSR count). The minimum atomic E-state index is -0.314. The van der Waals surface area contributed by atoms with Crippen LogP contribution in [-0.2, 0) is 6.61 Å². The van der Waals surface area contributed by atoms with Gasteiger partial charge in [-0.1, -0.05) is 24.3 Å². The topological polar surface area (TPSA) is 56.8 Å². The molecule has 0 spiro atoms. The van der Waals surface area contributed by atoms with Gasteiger partial charge >= 0.3 is 0 Å². The predicted molar refractivity (Wildman–Crippen MR) is 109 cm³/mol. The molecule has 0 saturated carbocycles. The monoisotopic (exact) mass is 395 g/mol. The van der Waals surface area contributed by atoms with E-state index < -0.39 is 0 Å². The summed E-state index contributed by atoms with van der Waals surface area (Å²) in [6, 6.07) is 18.2. The molecule has 0 radical (unpaired) electrons. The van der Waals surface area contributed by atoms with Gasteiger partial charge in [0.25, 0.3) is 5.91 Å². The molecule has 5 nitrogen and oxygen atoms in total. The van der Waals surface area contributed by atoms with Gasteiger partial charge in [0.2, 0.25) is 0 Å². The van der Waals surface area contributed by atoms with Crippen molar-refractivity contribution in [1.29, 1.82) is 0 Å². The molecule has 0 aromatic heterocycles. The summed E-state index contributed by atoms with van der Waals surface area (Å²) in [6.45, 7) is 2.63. The number of benzene rings is 3. The van der Waals surface area contributed by atoms with Gasteiger partial charge in [0.15, 0.2) is 11.5 Å². The zero-order valence-corrected chi connectivity index (χ0v) is 16.3. The maximum Gasteiger partial charge on any atom is 0.259 e. The fourth-order valence-corrected chi connectivity index (χ4v) is 2.74. The van der Waals surface area contributed by atoms with Crippen molar-refractivity contribution in [2.75, 3.05) is 19.0 Å². The van der Waals surface area contributed by atoms with Gasteiger partial charge in [0.05, 0.1) is 19.3 Å². The Morgan fingerprint density at radius 1 is 0.931 bits per heavy atom. The number of halogens is 1. The van der Waals surface area contributed by atoms with Gasteiger partial charge in [-0.15, -0.1) is 0 Å². The van der Waals surface area contributed by atoms with E-state index in [0.29, 0.717) is 35.1 Å². The van der Waals surface area contributed by atoms with Crippen LogP contribution in [0.15, 0.2) is 66.7 Å². The first-order chi connectivity index (χ1) is 14.1. The predicted octanol–water partition coefficient (Wildman–Crippen LogP) is 5.06. The van der Waals surface area contributed by atoms with Crippen molar-refractivity contribution in [2.24, 2.45) is 0 Å². The molecule has 0 atom stereocenters. The summed E-state index contributed by atoms with van der Waals surface area (Å²) in [4.78, 5) is 12.8. The van der Waals surface area contributed by atoms with Crippen LogP contribution >= 0.6 is 0 Å². The van der Waals surface area contributed by atoms with E-state index in [1.165, 1.54) is 12.1 Å². The highest BCUT2D eigenvalue weighted by molar-refractivity contribution is 6.06. The highest BCUT2D eigenvalue weighted by Crippen LogP contribution is 2.31. The van der Waals surface area contributed by atoms with Gasteiger partial charge in [-0.3, -0.25) is 4.79 Å². The fourth-order valence-electron chi connectivity index (χ4n) is 2.74. The summed E-state index contributed by atoms with van der Waals surface area (Å²) >= 11 is 0. The molecule has 150 valence electrons. The number of amides is 1. The second kappa shape index (κ2) is 9.59. The summed E-state index contributed by atoms with van der Waals surface area (Å²) in [7, 11) is 1.54. The van der Waals surface area contributed by atoms with Crippen LogP contribution in [0.1, 0.15) is 22.8 Å². The number of anilines is 1. The van der Waals surface area contributed by atoms with E-state index in [0.717, 1.165) is 5.56 Å². The van der Waals surface area contributed by atoms with Crippen molar-refractivity contribution < 1.29 is 23.4 Å². The average molecular weight is 395 g/mol. The van der Waals surface area contributed by atoms with Crippen LogP contribution in [0, 0.1) is 5.82 Å². The van der Waals surface area contributed by atoms with E-state index in [2.05, 4.69) is 5.32 Å². The van der Waals surface area contributed by atoms with E-state index in [1.807, 2.05) is 6.92 Å². The Balaban J connectivity index is 1.73. The number of carbonyl (C=O) groups excluding carboxylic acids is 1. The van der Waals surface area contributed by atoms with Crippen LogP contribution in [0.4, 0.5) is 10.1 Å². The van der Waals surface area contributed by atoms with Gasteiger partial charge in [-0.2, -0.15) is 0 Å². The van der Waals surface area contributed by atoms with E-state index >= 15 is 0 Å². The lowest BCUT2D eigenvalue weighted by Crippen LogP contribution is -2.14. The minimum Gasteiger partial charge on any atom is -0.493 e. The number of hydrogen-bond donors (Lipinski definition) is 1. The quantitative estimate of drug-likeness (QED) is 0.579. The maximum absolute atomic E-state index is 13.0. The number of carbonyl (C=O) groups is 1. The molecule has 29 heavy (non-hydrogen) atoms.